The van der Waals surface area contributed by atoms with Crippen molar-refractivity contribution in [2.75, 3.05) is 6.54 Å². The third-order valence-electron chi connectivity index (χ3n) is 3.93. The van der Waals surface area contributed by atoms with Crippen LogP contribution in [0.15, 0.2) is 24.3 Å². The van der Waals surface area contributed by atoms with Crippen LogP contribution < -0.4 is 5.32 Å². The Bertz CT molecular complexity index is 375. The van der Waals surface area contributed by atoms with Crippen LogP contribution in [0.5, 0.6) is 0 Å². The molecule has 1 saturated heterocycles. The van der Waals surface area contributed by atoms with E-state index in [1.54, 1.807) is 5.56 Å². The van der Waals surface area contributed by atoms with Gasteiger partial charge in [0.05, 0.1) is 0 Å². The molecule has 2 atom stereocenters. The highest BCUT2D eigenvalue weighted by Gasteiger charge is 2.27. The number of benzene rings is 1. The first-order valence-corrected chi connectivity index (χ1v) is 6.83. The van der Waals surface area contributed by atoms with Crippen LogP contribution in [0.1, 0.15) is 57.6 Å². The highest BCUT2D eigenvalue weighted by molar-refractivity contribution is 5.36. The van der Waals surface area contributed by atoms with Gasteiger partial charge in [0, 0.05) is 6.04 Å². The monoisotopic (exact) mass is 231 g/mol. The lowest BCUT2D eigenvalue weighted by Gasteiger charge is -2.34. The van der Waals surface area contributed by atoms with Gasteiger partial charge in [-0.05, 0) is 48.8 Å². The summed E-state index contributed by atoms with van der Waals surface area (Å²) in [5, 5.41) is 3.61. The molecule has 0 spiro atoms. The van der Waals surface area contributed by atoms with E-state index in [2.05, 4.69) is 57.3 Å². The smallest absolute Gasteiger partial charge is 0.0108 e. The molecule has 1 nitrogen and oxygen atoms in total. The lowest BCUT2D eigenvalue weighted by Crippen LogP contribution is -2.38. The van der Waals surface area contributed by atoms with Crippen LogP contribution in [0.2, 0.25) is 0 Å². The van der Waals surface area contributed by atoms with Crippen molar-refractivity contribution in [3.63, 3.8) is 0 Å². The van der Waals surface area contributed by atoms with Crippen LogP contribution in [0.3, 0.4) is 0 Å². The molecule has 1 aromatic rings. The molecular weight excluding hydrogens is 206 g/mol. The predicted molar refractivity (Wildman–Crippen MR) is 74.6 cm³/mol. The van der Waals surface area contributed by atoms with Crippen LogP contribution in [0, 0.1) is 0 Å². The molecule has 1 aromatic carbocycles. The third-order valence-corrected chi connectivity index (χ3v) is 3.93. The molecule has 1 aliphatic rings. The Labute approximate surface area is 106 Å². The van der Waals surface area contributed by atoms with Crippen LogP contribution >= 0.6 is 0 Å². The fraction of sp³-hybridized carbons (Fsp3) is 0.625. The number of nitrogens with one attached hydrogen (secondary N) is 1. The lowest BCUT2D eigenvalue weighted by molar-refractivity contribution is 0.366. The summed E-state index contributed by atoms with van der Waals surface area (Å²) < 4.78 is 0. The van der Waals surface area contributed by atoms with E-state index in [9.17, 15) is 0 Å². The van der Waals surface area contributed by atoms with Gasteiger partial charge in [0.1, 0.15) is 0 Å². The average Bonchev–Trinajstić information content (AvgIpc) is 2.28. The Morgan fingerprint density at radius 2 is 1.88 bits per heavy atom. The van der Waals surface area contributed by atoms with Gasteiger partial charge in [-0.15, -0.1) is 0 Å². The second kappa shape index (κ2) is 4.81. The third kappa shape index (κ3) is 2.71. The molecule has 0 aromatic heterocycles. The topological polar surface area (TPSA) is 12.0 Å². The Hall–Kier alpha value is -0.820. The first kappa shape index (κ1) is 12.6. The number of piperidine rings is 1. The molecule has 0 bridgehead atoms. The summed E-state index contributed by atoms with van der Waals surface area (Å²) in [6.07, 6.45) is 2.62. The molecule has 2 rings (SSSR count). The quantitative estimate of drug-likeness (QED) is 0.774. The van der Waals surface area contributed by atoms with Crippen molar-refractivity contribution in [1.82, 2.24) is 5.32 Å². The molecule has 1 fully saturated rings. The zero-order valence-electron chi connectivity index (χ0n) is 11.6. The standard InChI is InChI=1S/C16H25N/c1-12-13(9-7-11-17-12)14-8-5-6-10-15(14)16(2,3)4/h5-6,8,10,12-13,17H,7,9,11H2,1-4H3. The van der Waals surface area contributed by atoms with Gasteiger partial charge in [-0.25, -0.2) is 0 Å². The molecule has 1 heterocycles. The van der Waals surface area contributed by atoms with Crippen molar-refractivity contribution in [3.8, 4) is 0 Å². The Kier molecular flexibility index (Phi) is 3.58. The molecular formula is C16H25N. The highest BCUT2D eigenvalue weighted by atomic mass is 14.9. The predicted octanol–water partition coefficient (Wildman–Crippen LogP) is 3.84. The van der Waals surface area contributed by atoms with Gasteiger partial charge in [0.15, 0.2) is 0 Å². The normalized spacial score (nSPS) is 25.9. The van der Waals surface area contributed by atoms with Crippen LogP contribution in [0.25, 0.3) is 0 Å². The van der Waals surface area contributed by atoms with E-state index in [0.717, 1.165) is 0 Å². The minimum Gasteiger partial charge on any atom is -0.314 e. The summed E-state index contributed by atoms with van der Waals surface area (Å²) in [4.78, 5) is 0. The van der Waals surface area contributed by atoms with Gasteiger partial charge in [-0.1, -0.05) is 45.0 Å². The summed E-state index contributed by atoms with van der Waals surface area (Å²) in [5.74, 6) is 0.680. The van der Waals surface area contributed by atoms with Gasteiger partial charge < -0.3 is 5.32 Å². The first-order chi connectivity index (χ1) is 8.00. The van der Waals surface area contributed by atoms with Gasteiger partial charge in [-0.2, -0.15) is 0 Å². The van der Waals surface area contributed by atoms with Gasteiger partial charge >= 0.3 is 0 Å². The fourth-order valence-corrected chi connectivity index (χ4v) is 2.97. The summed E-state index contributed by atoms with van der Waals surface area (Å²) in [5.41, 5.74) is 3.31. The Morgan fingerprint density at radius 3 is 2.53 bits per heavy atom. The van der Waals surface area contributed by atoms with E-state index in [4.69, 9.17) is 0 Å². The zero-order chi connectivity index (χ0) is 12.5. The Balaban J connectivity index is 2.37. The maximum atomic E-state index is 3.61. The van der Waals surface area contributed by atoms with E-state index in [0.29, 0.717) is 12.0 Å². The van der Waals surface area contributed by atoms with Crippen LogP contribution in [0.4, 0.5) is 0 Å². The van der Waals surface area contributed by atoms with Gasteiger partial charge in [-0.3, -0.25) is 0 Å². The molecule has 2 unspecified atom stereocenters. The largest absolute Gasteiger partial charge is 0.314 e. The Morgan fingerprint density at radius 1 is 1.18 bits per heavy atom. The van der Waals surface area contributed by atoms with Crippen molar-refractivity contribution >= 4 is 0 Å². The number of hydrogen-bond acceptors (Lipinski definition) is 1. The van der Waals surface area contributed by atoms with Crippen molar-refractivity contribution in [2.24, 2.45) is 0 Å². The maximum Gasteiger partial charge on any atom is 0.0108 e. The van der Waals surface area contributed by atoms with E-state index in [1.165, 1.54) is 24.9 Å². The molecule has 0 saturated carbocycles. The van der Waals surface area contributed by atoms with Crippen LogP contribution in [-0.4, -0.2) is 12.6 Å². The summed E-state index contributed by atoms with van der Waals surface area (Å²) in [6, 6.07) is 9.59. The van der Waals surface area contributed by atoms with E-state index in [1.807, 2.05) is 0 Å². The highest BCUT2D eigenvalue weighted by Crippen LogP contribution is 2.35. The van der Waals surface area contributed by atoms with E-state index >= 15 is 0 Å². The molecule has 0 aliphatic carbocycles. The molecule has 17 heavy (non-hydrogen) atoms. The molecule has 1 heteroatoms. The average molecular weight is 231 g/mol. The molecule has 0 radical (unpaired) electrons. The van der Waals surface area contributed by atoms with Gasteiger partial charge in [0.25, 0.3) is 0 Å². The number of hydrogen-bond donors (Lipinski definition) is 1. The fourth-order valence-electron chi connectivity index (χ4n) is 2.97. The number of rotatable bonds is 1. The molecule has 1 N–H and O–H groups in total. The second-order valence-corrected chi connectivity index (χ2v) is 6.33. The van der Waals surface area contributed by atoms with Gasteiger partial charge in [0.2, 0.25) is 0 Å². The minimum absolute atomic E-state index is 0.244. The molecule has 0 amide bonds. The van der Waals surface area contributed by atoms with Crippen molar-refractivity contribution in [1.29, 1.82) is 0 Å². The molecule has 94 valence electrons. The van der Waals surface area contributed by atoms with Crippen molar-refractivity contribution in [3.05, 3.63) is 35.4 Å². The van der Waals surface area contributed by atoms with E-state index < -0.39 is 0 Å². The zero-order valence-corrected chi connectivity index (χ0v) is 11.6. The maximum absolute atomic E-state index is 3.61. The SMILES string of the molecule is CC1NCCCC1c1ccccc1C(C)(C)C. The molecule has 1 aliphatic heterocycles. The van der Waals surface area contributed by atoms with E-state index in [-0.39, 0.29) is 5.41 Å². The second-order valence-electron chi connectivity index (χ2n) is 6.33. The summed E-state index contributed by atoms with van der Waals surface area (Å²) in [7, 11) is 0. The summed E-state index contributed by atoms with van der Waals surface area (Å²) >= 11 is 0. The summed E-state index contributed by atoms with van der Waals surface area (Å²) in [6.45, 7) is 10.4. The lowest BCUT2D eigenvalue weighted by atomic mass is 9.76. The van der Waals surface area contributed by atoms with Crippen molar-refractivity contribution in [2.45, 2.75) is 57.9 Å². The first-order valence-electron chi connectivity index (χ1n) is 6.83. The minimum atomic E-state index is 0.244. The van der Waals surface area contributed by atoms with Crippen LogP contribution in [-0.2, 0) is 5.41 Å². The van der Waals surface area contributed by atoms with Crippen molar-refractivity contribution < 1.29 is 0 Å².